The van der Waals surface area contributed by atoms with Crippen LogP contribution in [0.1, 0.15) is 5.56 Å². The van der Waals surface area contributed by atoms with E-state index in [4.69, 9.17) is 40.5 Å². The SMILES string of the molecule is Nc1cc(Cl)ccc1SCc1ccc(Cl)cc1Cl. The van der Waals surface area contributed by atoms with E-state index in [1.54, 1.807) is 23.9 Å². The van der Waals surface area contributed by atoms with Crippen LogP contribution in [-0.2, 0) is 5.75 Å². The molecule has 1 nitrogen and oxygen atoms in total. The summed E-state index contributed by atoms with van der Waals surface area (Å²) in [6.45, 7) is 0. The third-order valence-electron chi connectivity index (χ3n) is 2.37. The van der Waals surface area contributed by atoms with Gasteiger partial charge in [-0.25, -0.2) is 0 Å². The van der Waals surface area contributed by atoms with Gasteiger partial charge in [-0.15, -0.1) is 11.8 Å². The Hall–Kier alpha value is -0.540. The first-order chi connectivity index (χ1) is 8.56. The molecule has 2 rings (SSSR count). The Morgan fingerprint density at radius 1 is 0.944 bits per heavy atom. The Labute approximate surface area is 125 Å². The summed E-state index contributed by atoms with van der Waals surface area (Å²) in [4.78, 5) is 0.991. The molecule has 0 radical (unpaired) electrons. The maximum Gasteiger partial charge on any atom is 0.0467 e. The van der Waals surface area contributed by atoms with Crippen molar-refractivity contribution in [1.82, 2.24) is 0 Å². The average Bonchev–Trinajstić information content (AvgIpc) is 2.30. The topological polar surface area (TPSA) is 26.0 Å². The monoisotopic (exact) mass is 317 g/mol. The second-order valence-corrected chi connectivity index (χ2v) is 6.00. The normalized spacial score (nSPS) is 10.6. The molecule has 0 aromatic heterocycles. The summed E-state index contributed by atoms with van der Waals surface area (Å²) < 4.78 is 0. The Morgan fingerprint density at radius 2 is 1.61 bits per heavy atom. The number of anilines is 1. The van der Waals surface area contributed by atoms with Crippen molar-refractivity contribution in [2.45, 2.75) is 10.6 Å². The first-order valence-electron chi connectivity index (χ1n) is 5.18. The largest absolute Gasteiger partial charge is 0.398 e. The standard InChI is InChI=1S/C13H10Cl3NS/c14-9-2-1-8(11(16)5-9)7-18-13-4-3-10(15)6-12(13)17/h1-6H,7,17H2. The van der Waals surface area contributed by atoms with Crippen molar-refractivity contribution < 1.29 is 0 Å². The minimum atomic E-state index is 0.639. The van der Waals surface area contributed by atoms with Crippen LogP contribution in [0, 0.1) is 0 Å². The van der Waals surface area contributed by atoms with Crippen LogP contribution in [0.25, 0.3) is 0 Å². The fraction of sp³-hybridized carbons (Fsp3) is 0.0769. The van der Waals surface area contributed by atoms with Crippen molar-refractivity contribution in [2.75, 3.05) is 5.73 Å². The van der Waals surface area contributed by atoms with Gasteiger partial charge in [0.1, 0.15) is 0 Å². The van der Waals surface area contributed by atoms with Crippen molar-refractivity contribution in [2.24, 2.45) is 0 Å². The molecule has 0 saturated heterocycles. The minimum Gasteiger partial charge on any atom is -0.398 e. The highest BCUT2D eigenvalue weighted by Crippen LogP contribution is 2.32. The van der Waals surface area contributed by atoms with Crippen LogP contribution in [0.3, 0.4) is 0 Å². The van der Waals surface area contributed by atoms with Crippen LogP contribution < -0.4 is 5.73 Å². The number of nitrogens with two attached hydrogens (primary N) is 1. The molecule has 0 fully saturated rings. The van der Waals surface area contributed by atoms with E-state index in [0.717, 1.165) is 16.2 Å². The number of halogens is 3. The molecule has 0 spiro atoms. The smallest absolute Gasteiger partial charge is 0.0467 e. The van der Waals surface area contributed by atoms with Gasteiger partial charge in [0.2, 0.25) is 0 Å². The van der Waals surface area contributed by atoms with E-state index in [1.807, 2.05) is 24.3 Å². The predicted octanol–water partition coefficient (Wildman–Crippen LogP) is 5.52. The van der Waals surface area contributed by atoms with Gasteiger partial charge in [-0.1, -0.05) is 40.9 Å². The van der Waals surface area contributed by atoms with Gasteiger partial charge in [-0.3, -0.25) is 0 Å². The van der Waals surface area contributed by atoms with Crippen molar-refractivity contribution in [3.8, 4) is 0 Å². The predicted molar refractivity (Wildman–Crippen MR) is 81.9 cm³/mol. The first kappa shape index (κ1) is 13.9. The van der Waals surface area contributed by atoms with Crippen molar-refractivity contribution >= 4 is 52.3 Å². The van der Waals surface area contributed by atoms with Gasteiger partial charge < -0.3 is 5.73 Å². The number of hydrogen-bond acceptors (Lipinski definition) is 2. The van der Waals surface area contributed by atoms with Gasteiger partial charge in [0.05, 0.1) is 0 Å². The summed E-state index contributed by atoms with van der Waals surface area (Å²) in [6.07, 6.45) is 0. The fourth-order valence-electron chi connectivity index (χ4n) is 1.45. The maximum absolute atomic E-state index is 6.11. The first-order valence-corrected chi connectivity index (χ1v) is 7.30. The van der Waals surface area contributed by atoms with Gasteiger partial charge in [-0.2, -0.15) is 0 Å². The van der Waals surface area contributed by atoms with Gasteiger partial charge >= 0.3 is 0 Å². The molecule has 0 aliphatic rings. The van der Waals surface area contributed by atoms with Gasteiger partial charge in [0.15, 0.2) is 0 Å². The van der Waals surface area contributed by atoms with E-state index < -0.39 is 0 Å². The summed E-state index contributed by atoms with van der Waals surface area (Å²) >= 11 is 19.4. The van der Waals surface area contributed by atoms with E-state index in [1.165, 1.54) is 0 Å². The molecule has 5 heteroatoms. The highest BCUT2D eigenvalue weighted by atomic mass is 35.5. The van der Waals surface area contributed by atoms with Crippen LogP contribution in [-0.4, -0.2) is 0 Å². The summed E-state index contributed by atoms with van der Waals surface area (Å²) in [5.41, 5.74) is 7.59. The zero-order valence-electron chi connectivity index (χ0n) is 9.29. The van der Waals surface area contributed by atoms with Gasteiger partial charge in [-0.05, 0) is 35.9 Å². The van der Waals surface area contributed by atoms with Crippen molar-refractivity contribution in [3.05, 3.63) is 57.0 Å². The quantitative estimate of drug-likeness (QED) is 0.595. The number of rotatable bonds is 3. The molecule has 0 saturated carbocycles. The van der Waals surface area contributed by atoms with Crippen LogP contribution in [0.15, 0.2) is 41.3 Å². The van der Waals surface area contributed by atoms with Crippen LogP contribution >= 0.6 is 46.6 Å². The Bertz CT molecular complexity index is 521. The number of hydrogen-bond donors (Lipinski definition) is 1. The Morgan fingerprint density at radius 3 is 2.28 bits per heavy atom. The van der Waals surface area contributed by atoms with Gasteiger partial charge in [0, 0.05) is 31.4 Å². The lowest BCUT2D eigenvalue weighted by Crippen LogP contribution is -1.89. The van der Waals surface area contributed by atoms with Crippen LogP contribution in [0.4, 0.5) is 5.69 Å². The third-order valence-corrected chi connectivity index (χ3v) is 4.33. The summed E-state index contributed by atoms with van der Waals surface area (Å²) in [7, 11) is 0. The summed E-state index contributed by atoms with van der Waals surface area (Å²) in [5.74, 6) is 0.738. The van der Waals surface area contributed by atoms with Crippen molar-refractivity contribution in [3.63, 3.8) is 0 Å². The molecule has 2 aromatic rings. The molecule has 2 N–H and O–H groups in total. The van der Waals surface area contributed by atoms with E-state index in [2.05, 4.69) is 0 Å². The van der Waals surface area contributed by atoms with E-state index in [0.29, 0.717) is 20.8 Å². The lowest BCUT2D eigenvalue weighted by molar-refractivity contribution is 1.38. The maximum atomic E-state index is 6.11. The molecule has 0 bridgehead atoms. The molecule has 0 unspecified atom stereocenters. The zero-order valence-corrected chi connectivity index (χ0v) is 12.4. The van der Waals surface area contributed by atoms with E-state index >= 15 is 0 Å². The lowest BCUT2D eigenvalue weighted by Gasteiger charge is -2.07. The Kier molecular flexibility index (Phi) is 4.68. The minimum absolute atomic E-state index is 0.639. The van der Waals surface area contributed by atoms with Crippen LogP contribution in [0.2, 0.25) is 15.1 Å². The van der Waals surface area contributed by atoms with Crippen LogP contribution in [0.5, 0.6) is 0 Å². The highest BCUT2D eigenvalue weighted by Gasteiger charge is 2.05. The zero-order chi connectivity index (χ0) is 13.1. The highest BCUT2D eigenvalue weighted by molar-refractivity contribution is 7.98. The van der Waals surface area contributed by atoms with E-state index in [-0.39, 0.29) is 0 Å². The molecule has 0 atom stereocenters. The number of benzene rings is 2. The second kappa shape index (κ2) is 6.07. The molecular weight excluding hydrogens is 309 g/mol. The summed E-state index contributed by atoms with van der Waals surface area (Å²) in [6, 6.07) is 11.0. The molecule has 2 aromatic carbocycles. The molecule has 94 valence electrons. The third kappa shape index (κ3) is 3.48. The Balaban J connectivity index is 2.11. The number of nitrogen functional groups attached to an aromatic ring is 1. The average molecular weight is 319 g/mol. The van der Waals surface area contributed by atoms with Crippen molar-refractivity contribution in [1.29, 1.82) is 0 Å². The lowest BCUT2D eigenvalue weighted by atomic mass is 10.2. The second-order valence-electron chi connectivity index (χ2n) is 3.71. The van der Waals surface area contributed by atoms with E-state index in [9.17, 15) is 0 Å². The molecule has 18 heavy (non-hydrogen) atoms. The summed E-state index contributed by atoms with van der Waals surface area (Å²) in [5, 5.41) is 1.95. The molecule has 0 heterocycles. The van der Waals surface area contributed by atoms with Gasteiger partial charge in [0.25, 0.3) is 0 Å². The number of thioether (sulfide) groups is 1. The molecule has 0 amide bonds. The molecule has 0 aliphatic carbocycles. The fourth-order valence-corrected chi connectivity index (χ4v) is 3.13. The molecular formula is C13H10Cl3NS. The molecule has 0 aliphatic heterocycles.